The fraction of sp³-hybridized carbons (Fsp3) is 0.382. The standard InChI is InChI=1S/C34H38Cl2N6O6/c1-33(2,3)48-29(44)15-16-34(32(45)41-38-21-24-9-12-25(35)19-28(24)36)30(27-8-5-4-7-23(27)20-39-42-37)47-31(40-34)22-10-13-26(14-11-22)46-18-6-17-43/h4-5,7-14,19,30,38,43H,6,15-18,20-21H2,1-3H3,(H,41,45)/t30-,34-/m0/s1. The fourth-order valence-electron chi connectivity index (χ4n) is 5.07. The molecule has 1 aliphatic rings. The lowest BCUT2D eigenvalue weighted by Gasteiger charge is -2.32. The molecule has 0 bridgehead atoms. The lowest BCUT2D eigenvalue weighted by Crippen LogP contribution is -2.53. The van der Waals surface area contributed by atoms with Crippen molar-refractivity contribution >= 4 is 41.0 Å². The summed E-state index contributed by atoms with van der Waals surface area (Å²) < 4.78 is 17.8. The van der Waals surface area contributed by atoms with Gasteiger partial charge in [0.15, 0.2) is 11.6 Å². The molecular weight excluding hydrogens is 659 g/mol. The van der Waals surface area contributed by atoms with E-state index >= 15 is 0 Å². The first-order chi connectivity index (χ1) is 23.0. The van der Waals surface area contributed by atoms with Crippen LogP contribution in [0.25, 0.3) is 10.4 Å². The Kier molecular flexibility index (Phi) is 12.7. The van der Waals surface area contributed by atoms with Crippen molar-refractivity contribution < 1.29 is 28.9 Å². The van der Waals surface area contributed by atoms with Gasteiger partial charge in [-0.2, -0.15) is 0 Å². The number of ether oxygens (including phenoxy) is 3. The number of hydrazine groups is 1. The number of benzene rings is 3. The maximum absolute atomic E-state index is 14.4. The number of aliphatic imine (C=N–C) groups is 1. The number of hydrogen-bond acceptors (Lipinski definition) is 9. The van der Waals surface area contributed by atoms with E-state index in [4.69, 9.17) is 53.0 Å². The zero-order chi connectivity index (χ0) is 34.7. The Morgan fingerprint density at radius 1 is 1.10 bits per heavy atom. The minimum Gasteiger partial charge on any atom is -0.494 e. The van der Waals surface area contributed by atoms with Crippen molar-refractivity contribution in [1.29, 1.82) is 0 Å². The molecule has 4 rings (SSSR count). The van der Waals surface area contributed by atoms with Gasteiger partial charge in [-0.15, -0.1) is 0 Å². The van der Waals surface area contributed by atoms with Gasteiger partial charge in [0.1, 0.15) is 11.4 Å². The quantitative estimate of drug-likeness (QED) is 0.0394. The van der Waals surface area contributed by atoms with Crippen molar-refractivity contribution in [2.24, 2.45) is 10.1 Å². The largest absolute Gasteiger partial charge is 0.494 e. The topological polar surface area (TPSA) is 167 Å². The van der Waals surface area contributed by atoms with Crippen LogP contribution < -0.4 is 15.6 Å². The van der Waals surface area contributed by atoms with E-state index in [0.717, 1.165) is 0 Å². The molecule has 12 nitrogen and oxygen atoms in total. The maximum Gasteiger partial charge on any atom is 0.306 e. The highest BCUT2D eigenvalue weighted by Gasteiger charge is 2.54. The minimum absolute atomic E-state index is 0.00117. The monoisotopic (exact) mass is 696 g/mol. The average Bonchev–Trinajstić information content (AvgIpc) is 3.44. The Bertz CT molecular complexity index is 1670. The Morgan fingerprint density at radius 2 is 1.85 bits per heavy atom. The van der Waals surface area contributed by atoms with E-state index in [1.165, 1.54) is 0 Å². The molecule has 1 amide bonds. The molecule has 0 fully saturated rings. The molecule has 1 aliphatic heterocycles. The van der Waals surface area contributed by atoms with Gasteiger partial charge < -0.3 is 19.3 Å². The summed E-state index contributed by atoms with van der Waals surface area (Å²) in [6, 6.07) is 19.1. The summed E-state index contributed by atoms with van der Waals surface area (Å²) in [5.74, 6) is -0.329. The Morgan fingerprint density at radius 3 is 2.54 bits per heavy atom. The van der Waals surface area contributed by atoms with Gasteiger partial charge in [0.25, 0.3) is 5.91 Å². The van der Waals surface area contributed by atoms with Gasteiger partial charge >= 0.3 is 5.97 Å². The highest BCUT2D eigenvalue weighted by atomic mass is 35.5. The lowest BCUT2D eigenvalue weighted by atomic mass is 9.82. The summed E-state index contributed by atoms with van der Waals surface area (Å²) >= 11 is 12.4. The van der Waals surface area contributed by atoms with E-state index in [0.29, 0.717) is 51.1 Å². The second-order valence-electron chi connectivity index (χ2n) is 12.0. The molecular formula is C34H38Cl2N6O6. The molecule has 0 aliphatic carbocycles. The molecule has 3 aromatic rings. The molecule has 2 atom stereocenters. The first-order valence-corrected chi connectivity index (χ1v) is 16.1. The van der Waals surface area contributed by atoms with Crippen LogP contribution in [0.15, 0.2) is 76.8 Å². The van der Waals surface area contributed by atoms with E-state index in [9.17, 15) is 9.59 Å². The number of aliphatic hydroxyl groups is 1. The first kappa shape index (κ1) is 36.5. The molecule has 0 aromatic heterocycles. The van der Waals surface area contributed by atoms with Crippen LogP contribution in [0.5, 0.6) is 5.75 Å². The van der Waals surface area contributed by atoms with Crippen LogP contribution >= 0.6 is 23.2 Å². The maximum atomic E-state index is 14.4. The lowest BCUT2D eigenvalue weighted by molar-refractivity contribution is -0.155. The zero-order valence-electron chi connectivity index (χ0n) is 26.9. The number of nitrogens with zero attached hydrogens (tertiary/aromatic N) is 4. The van der Waals surface area contributed by atoms with Gasteiger partial charge in [-0.05, 0) is 85.8 Å². The van der Waals surface area contributed by atoms with Crippen LogP contribution in [0.3, 0.4) is 0 Å². The number of carbonyl (C=O) groups excluding carboxylic acids is 2. The molecule has 48 heavy (non-hydrogen) atoms. The third-order valence-corrected chi connectivity index (χ3v) is 7.88. The number of carbonyl (C=O) groups is 2. The molecule has 1 heterocycles. The summed E-state index contributed by atoms with van der Waals surface area (Å²) in [7, 11) is 0. The molecule has 0 radical (unpaired) electrons. The summed E-state index contributed by atoms with van der Waals surface area (Å²) in [6.07, 6.45) is -0.770. The normalized spacial score (nSPS) is 17.1. The number of nitrogens with one attached hydrogen (secondary N) is 2. The van der Waals surface area contributed by atoms with Crippen molar-refractivity contribution in [3.05, 3.63) is 109 Å². The fourth-order valence-corrected chi connectivity index (χ4v) is 5.54. The number of rotatable bonds is 15. The van der Waals surface area contributed by atoms with Crippen molar-refractivity contribution in [3.8, 4) is 5.75 Å². The molecule has 14 heteroatoms. The Hall–Kier alpha value is -4.32. The minimum atomic E-state index is -1.67. The first-order valence-electron chi connectivity index (χ1n) is 15.3. The van der Waals surface area contributed by atoms with Gasteiger partial charge in [-0.1, -0.05) is 58.6 Å². The Labute approximate surface area is 289 Å². The van der Waals surface area contributed by atoms with Gasteiger partial charge in [0.2, 0.25) is 5.90 Å². The zero-order valence-corrected chi connectivity index (χ0v) is 28.4. The summed E-state index contributed by atoms with van der Waals surface area (Å²) in [5, 5.41) is 13.7. The number of esters is 1. The predicted octanol–water partition coefficient (Wildman–Crippen LogP) is 6.76. The summed E-state index contributed by atoms with van der Waals surface area (Å²) in [5.41, 5.74) is 14.8. The molecule has 0 unspecified atom stereocenters. The van der Waals surface area contributed by atoms with E-state index < -0.39 is 29.1 Å². The van der Waals surface area contributed by atoms with Crippen LogP contribution in [0.1, 0.15) is 68.4 Å². The van der Waals surface area contributed by atoms with Gasteiger partial charge in [0.05, 0.1) is 13.2 Å². The number of halogens is 2. The Balaban J connectivity index is 1.75. The smallest absolute Gasteiger partial charge is 0.306 e. The second-order valence-corrected chi connectivity index (χ2v) is 12.9. The van der Waals surface area contributed by atoms with Crippen LogP contribution in [-0.4, -0.2) is 47.2 Å². The number of aliphatic hydroxyl groups excluding tert-OH is 1. The number of azide groups is 1. The number of hydrogen-bond donors (Lipinski definition) is 3. The second kappa shape index (κ2) is 16.7. The van der Waals surface area contributed by atoms with Crippen molar-refractivity contribution in [2.45, 2.75) is 70.4 Å². The van der Waals surface area contributed by atoms with Gasteiger partial charge in [0, 0.05) is 46.5 Å². The van der Waals surface area contributed by atoms with Gasteiger partial charge in [-0.3, -0.25) is 15.0 Å². The third kappa shape index (κ3) is 9.62. The van der Waals surface area contributed by atoms with E-state index in [-0.39, 0.29) is 38.4 Å². The SMILES string of the molecule is CC(C)(C)OC(=O)CC[C@]1(C(=O)NNCc2ccc(Cl)cc2Cl)N=C(c2ccc(OCCCO)cc2)O[C@H]1c1ccccc1CN=[N+]=[N-]. The molecule has 3 aromatic carbocycles. The van der Waals surface area contributed by atoms with E-state index in [1.807, 2.05) is 0 Å². The van der Waals surface area contributed by atoms with Gasteiger partial charge in [-0.25, -0.2) is 10.4 Å². The van der Waals surface area contributed by atoms with Crippen molar-refractivity contribution in [1.82, 2.24) is 10.9 Å². The highest BCUT2D eigenvalue weighted by Crippen LogP contribution is 2.44. The summed E-state index contributed by atoms with van der Waals surface area (Å²) in [4.78, 5) is 35.2. The van der Waals surface area contributed by atoms with Crippen LogP contribution in [0.4, 0.5) is 0 Å². The van der Waals surface area contributed by atoms with E-state index in [1.54, 1.807) is 87.5 Å². The molecule has 3 N–H and O–H groups in total. The predicted molar refractivity (Wildman–Crippen MR) is 183 cm³/mol. The highest BCUT2D eigenvalue weighted by molar-refractivity contribution is 6.35. The molecule has 0 spiro atoms. The molecule has 254 valence electrons. The van der Waals surface area contributed by atoms with Crippen molar-refractivity contribution in [2.75, 3.05) is 13.2 Å². The molecule has 0 saturated carbocycles. The van der Waals surface area contributed by atoms with Crippen LogP contribution in [0.2, 0.25) is 10.0 Å². The summed E-state index contributed by atoms with van der Waals surface area (Å²) in [6.45, 7) is 5.82. The van der Waals surface area contributed by atoms with Crippen LogP contribution in [-0.2, 0) is 32.2 Å². The number of amides is 1. The average molecular weight is 698 g/mol. The third-order valence-electron chi connectivity index (χ3n) is 7.30. The van der Waals surface area contributed by atoms with E-state index in [2.05, 4.69) is 20.9 Å². The van der Waals surface area contributed by atoms with Crippen LogP contribution in [0, 0.1) is 0 Å². The van der Waals surface area contributed by atoms with Crippen molar-refractivity contribution in [3.63, 3.8) is 0 Å². The molecule has 0 saturated heterocycles.